The van der Waals surface area contributed by atoms with Crippen LogP contribution in [0.3, 0.4) is 0 Å². The molecule has 1 amide bonds. The van der Waals surface area contributed by atoms with Crippen LogP contribution in [0.25, 0.3) is 11.0 Å². The molecule has 0 saturated heterocycles. The molecule has 2 aromatic rings. The molecule has 1 aromatic carbocycles. The Morgan fingerprint density at radius 3 is 2.80 bits per heavy atom. The summed E-state index contributed by atoms with van der Waals surface area (Å²) in [6.45, 7) is 1.70. The number of benzene rings is 1. The average molecular weight is 276 g/mol. The van der Waals surface area contributed by atoms with Gasteiger partial charge in [0.15, 0.2) is 0 Å². The third-order valence-corrected chi connectivity index (χ3v) is 2.98. The Kier molecular flexibility index (Phi) is 4.05. The van der Waals surface area contributed by atoms with Gasteiger partial charge in [0.25, 0.3) is 5.91 Å². The van der Waals surface area contributed by atoms with Gasteiger partial charge in [-0.2, -0.15) is 0 Å². The number of hydroxylamine groups is 2. The SMILES string of the molecule is CON(C)C(=O)C(C)Nc1cc(=O)oc2ccccc12. The third kappa shape index (κ3) is 2.80. The van der Waals surface area contributed by atoms with Crippen LogP contribution in [0.4, 0.5) is 5.69 Å². The molecule has 6 nitrogen and oxygen atoms in total. The fourth-order valence-corrected chi connectivity index (χ4v) is 1.89. The maximum atomic E-state index is 11.9. The fourth-order valence-electron chi connectivity index (χ4n) is 1.89. The molecule has 6 heteroatoms. The van der Waals surface area contributed by atoms with Gasteiger partial charge >= 0.3 is 5.63 Å². The van der Waals surface area contributed by atoms with Gasteiger partial charge in [-0.1, -0.05) is 12.1 Å². The fraction of sp³-hybridized carbons (Fsp3) is 0.286. The van der Waals surface area contributed by atoms with Gasteiger partial charge < -0.3 is 9.73 Å². The standard InChI is InChI=1S/C14H16N2O4/c1-9(14(18)16(2)19-3)15-11-8-13(17)20-12-7-5-4-6-10(11)12/h4-9,15H,1-3H3. The summed E-state index contributed by atoms with van der Waals surface area (Å²) in [5.41, 5.74) is 0.565. The van der Waals surface area contributed by atoms with E-state index in [1.165, 1.54) is 20.2 Å². The van der Waals surface area contributed by atoms with Crippen LogP contribution in [0.1, 0.15) is 6.92 Å². The summed E-state index contributed by atoms with van der Waals surface area (Å²) in [4.78, 5) is 28.3. The lowest BCUT2D eigenvalue weighted by atomic mass is 10.2. The van der Waals surface area contributed by atoms with Crippen LogP contribution >= 0.6 is 0 Å². The van der Waals surface area contributed by atoms with E-state index in [2.05, 4.69) is 5.32 Å². The number of hydrogen-bond acceptors (Lipinski definition) is 5. The number of amides is 1. The summed E-state index contributed by atoms with van der Waals surface area (Å²) in [5, 5.41) is 4.88. The van der Waals surface area contributed by atoms with Crippen molar-refractivity contribution in [1.82, 2.24) is 5.06 Å². The minimum Gasteiger partial charge on any atom is -0.423 e. The van der Waals surface area contributed by atoms with E-state index in [0.717, 1.165) is 10.4 Å². The Balaban J connectivity index is 2.34. The second-order valence-electron chi connectivity index (χ2n) is 4.36. The molecule has 0 bridgehead atoms. The van der Waals surface area contributed by atoms with Crippen molar-refractivity contribution in [3.05, 3.63) is 40.8 Å². The Morgan fingerprint density at radius 2 is 2.10 bits per heavy atom. The van der Waals surface area contributed by atoms with Crippen LogP contribution < -0.4 is 10.9 Å². The van der Waals surface area contributed by atoms with Gasteiger partial charge in [0.1, 0.15) is 11.6 Å². The first-order valence-electron chi connectivity index (χ1n) is 6.14. The smallest absolute Gasteiger partial charge is 0.338 e. The molecule has 0 aliphatic carbocycles. The molecule has 1 heterocycles. The summed E-state index contributed by atoms with van der Waals surface area (Å²) in [6.07, 6.45) is 0. The second kappa shape index (κ2) is 5.75. The quantitative estimate of drug-likeness (QED) is 0.678. The molecule has 1 unspecified atom stereocenters. The van der Waals surface area contributed by atoms with Crippen molar-refractivity contribution in [1.29, 1.82) is 0 Å². The minimum absolute atomic E-state index is 0.246. The van der Waals surface area contributed by atoms with E-state index < -0.39 is 11.7 Å². The van der Waals surface area contributed by atoms with Gasteiger partial charge in [-0.15, -0.1) is 0 Å². The largest absolute Gasteiger partial charge is 0.423 e. The van der Waals surface area contributed by atoms with Crippen LogP contribution in [-0.2, 0) is 9.63 Å². The van der Waals surface area contributed by atoms with Crippen molar-refractivity contribution >= 4 is 22.6 Å². The predicted octanol–water partition coefficient (Wildman–Crippen LogP) is 1.61. The number of nitrogens with one attached hydrogen (secondary N) is 1. The van der Waals surface area contributed by atoms with Crippen molar-refractivity contribution in [2.75, 3.05) is 19.5 Å². The molecule has 0 saturated carbocycles. The highest BCUT2D eigenvalue weighted by atomic mass is 16.7. The number of carbonyl (C=O) groups excluding carboxylic acids is 1. The molecular formula is C14H16N2O4. The third-order valence-electron chi connectivity index (χ3n) is 2.98. The normalized spacial score (nSPS) is 12.2. The van der Waals surface area contributed by atoms with Gasteiger partial charge in [-0.05, 0) is 19.1 Å². The lowest BCUT2D eigenvalue weighted by molar-refractivity contribution is -0.169. The lowest BCUT2D eigenvalue weighted by Gasteiger charge is -2.20. The Morgan fingerprint density at radius 1 is 1.40 bits per heavy atom. The summed E-state index contributed by atoms with van der Waals surface area (Å²) in [7, 11) is 2.94. The predicted molar refractivity (Wildman–Crippen MR) is 75.3 cm³/mol. The van der Waals surface area contributed by atoms with Crippen LogP contribution in [-0.4, -0.2) is 31.2 Å². The molecule has 0 aliphatic rings. The molecule has 1 atom stereocenters. The summed E-state index contributed by atoms with van der Waals surface area (Å²) >= 11 is 0. The van der Waals surface area contributed by atoms with E-state index in [9.17, 15) is 9.59 Å². The van der Waals surface area contributed by atoms with Crippen molar-refractivity contribution < 1.29 is 14.0 Å². The number of rotatable bonds is 4. The van der Waals surface area contributed by atoms with Crippen LogP contribution in [0.2, 0.25) is 0 Å². The maximum absolute atomic E-state index is 11.9. The Labute approximate surface area is 115 Å². The number of carbonyl (C=O) groups is 1. The number of fused-ring (bicyclic) bond motifs is 1. The highest BCUT2D eigenvalue weighted by molar-refractivity contribution is 5.92. The summed E-state index contributed by atoms with van der Waals surface area (Å²) in [5.74, 6) is -0.246. The van der Waals surface area contributed by atoms with Crippen molar-refractivity contribution in [2.24, 2.45) is 0 Å². The van der Waals surface area contributed by atoms with Gasteiger partial charge in [-0.25, -0.2) is 9.86 Å². The second-order valence-corrected chi connectivity index (χ2v) is 4.36. The Bertz CT molecular complexity index is 680. The minimum atomic E-state index is -0.537. The van der Waals surface area contributed by atoms with Gasteiger partial charge in [-0.3, -0.25) is 9.63 Å². The molecule has 20 heavy (non-hydrogen) atoms. The molecule has 2 rings (SSSR count). The molecule has 0 aliphatic heterocycles. The van der Waals surface area contributed by atoms with Crippen molar-refractivity contribution in [3.63, 3.8) is 0 Å². The van der Waals surface area contributed by atoms with Crippen LogP contribution in [0, 0.1) is 0 Å². The average Bonchev–Trinajstić information content (AvgIpc) is 2.45. The van der Waals surface area contributed by atoms with Gasteiger partial charge in [0.05, 0.1) is 12.8 Å². The number of likely N-dealkylation sites (N-methyl/N-ethyl adjacent to an activating group) is 1. The monoisotopic (exact) mass is 276 g/mol. The molecule has 0 radical (unpaired) electrons. The molecule has 0 fully saturated rings. The zero-order valence-electron chi connectivity index (χ0n) is 11.5. The number of anilines is 1. The van der Waals surface area contributed by atoms with Crippen molar-refractivity contribution in [3.8, 4) is 0 Å². The highest BCUT2D eigenvalue weighted by Crippen LogP contribution is 2.21. The maximum Gasteiger partial charge on any atom is 0.338 e. The van der Waals surface area contributed by atoms with Crippen LogP contribution in [0.15, 0.2) is 39.5 Å². The lowest BCUT2D eigenvalue weighted by Crippen LogP contribution is -2.38. The number of hydrogen-bond donors (Lipinski definition) is 1. The van der Waals surface area contributed by atoms with E-state index in [0.29, 0.717) is 11.3 Å². The zero-order chi connectivity index (χ0) is 14.7. The first kappa shape index (κ1) is 14.1. The molecule has 1 N–H and O–H groups in total. The summed E-state index contributed by atoms with van der Waals surface area (Å²) < 4.78 is 5.10. The molecular weight excluding hydrogens is 260 g/mol. The first-order valence-corrected chi connectivity index (χ1v) is 6.14. The van der Waals surface area contributed by atoms with E-state index >= 15 is 0 Å². The van der Waals surface area contributed by atoms with Crippen LogP contribution in [0.5, 0.6) is 0 Å². The van der Waals surface area contributed by atoms with E-state index in [1.54, 1.807) is 19.1 Å². The van der Waals surface area contributed by atoms with E-state index in [-0.39, 0.29) is 5.91 Å². The molecule has 0 spiro atoms. The number of para-hydroxylation sites is 1. The zero-order valence-corrected chi connectivity index (χ0v) is 11.5. The number of nitrogens with zero attached hydrogens (tertiary/aromatic N) is 1. The molecule has 106 valence electrons. The highest BCUT2D eigenvalue weighted by Gasteiger charge is 2.18. The molecule has 1 aromatic heterocycles. The first-order chi connectivity index (χ1) is 9.52. The van der Waals surface area contributed by atoms with E-state index in [1.807, 2.05) is 12.1 Å². The van der Waals surface area contributed by atoms with Gasteiger partial charge in [0, 0.05) is 18.5 Å². The van der Waals surface area contributed by atoms with E-state index in [4.69, 9.17) is 9.25 Å². The van der Waals surface area contributed by atoms with Crippen molar-refractivity contribution in [2.45, 2.75) is 13.0 Å². The Hall–Kier alpha value is -2.34. The van der Waals surface area contributed by atoms with Gasteiger partial charge in [0.2, 0.25) is 0 Å². The topological polar surface area (TPSA) is 71.8 Å². The summed E-state index contributed by atoms with van der Waals surface area (Å²) in [6, 6.07) is 7.93.